The summed E-state index contributed by atoms with van der Waals surface area (Å²) in [6, 6.07) is 1.62. The van der Waals surface area contributed by atoms with E-state index < -0.39 is 16.2 Å². The molecule has 2 N–H and O–H groups in total. The fraction of sp³-hybridized carbons (Fsp3) is 0.632. The molecule has 7 nitrogen and oxygen atoms in total. The van der Waals surface area contributed by atoms with Gasteiger partial charge in [-0.25, -0.2) is 9.52 Å². The molecular weight excluding hydrogens is 364 g/mol. The number of likely N-dealkylation sites (tertiary alicyclic amines) is 1. The summed E-state index contributed by atoms with van der Waals surface area (Å²) in [6.07, 6.45) is 6.14. The Morgan fingerprint density at radius 3 is 2.30 bits per heavy atom. The van der Waals surface area contributed by atoms with Crippen LogP contribution in [0.15, 0.2) is 6.07 Å². The minimum absolute atomic E-state index is 0.320. The van der Waals surface area contributed by atoms with Crippen LogP contribution in [-0.2, 0) is 35.9 Å². The zero-order chi connectivity index (χ0) is 19.2. The zero-order valence-corrected chi connectivity index (χ0v) is 16.9. The van der Waals surface area contributed by atoms with Gasteiger partial charge in [-0.15, -0.1) is 0 Å². The van der Waals surface area contributed by atoms with E-state index in [2.05, 4.69) is 21.0 Å². The second-order valence-corrected chi connectivity index (χ2v) is 9.94. The molecular formula is C19H28N4O3S. The predicted octanol–water partition coefficient (Wildman–Crippen LogP) is 1.52. The Labute approximate surface area is 161 Å². The molecule has 1 aromatic carbocycles. The molecule has 8 heteroatoms. The van der Waals surface area contributed by atoms with Crippen LogP contribution >= 0.6 is 0 Å². The summed E-state index contributed by atoms with van der Waals surface area (Å²) in [4.78, 5) is 14.7. The van der Waals surface area contributed by atoms with Crippen LogP contribution < -0.4 is 10.0 Å². The average Bonchev–Trinajstić information content (AvgIpc) is 3.21. The number of fused-ring (bicyclic) bond motifs is 2. The molecule has 0 bridgehead atoms. The lowest BCUT2D eigenvalue weighted by atomic mass is 9.99. The van der Waals surface area contributed by atoms with E-state index in [-0.39, 0.29) is 0 Å². The average molecular weight is 393 g/mol. The van der Waals surface area contributed by atoms with Crippen molar-refractivity contribution in [3.63, 3.8) is 0 Å². The van der Waals surface area contributed by atoms with Crippen molar-refractivity contribution in [3.8, 4) is 0 Å². The molecule has 0 saturated carbocycles. The fourth-order valence-electron chi connectivity index (χ4n) is 4.71. The number of nitrogens with one attached hydrogen (secondary N) is 2. The summed E-state index contributed by atoms with van der Waals surface area (Å²) in [5.74, 6) is 0.320. The van der Waals surface area contributed by atoms with Crippen molar-refractivity contribution in [1.82, 2.24) is 13.9 Å². The first-order valence-electron chi connectivity index (χ1n) is 9.73. The highest BCUT2D eigenvalue weighted by Crippen LogP contribution is 2.38. The number of nitrogens with zero attached hydrogens (tertiary/aromatic N) is 2. The molecule has 0 aromatic heterocycles. The van der Waals surface area contributed by atoms with Crippen molar-refractivity contribution in [3.05, 3.63) is 28.3 Å². The molecule has 0 unspecified atom stereocenters. The highest BCUT2D eigenvalue weighted by Gasteiger charge is 2.30. The van der Waals surface area contributed by atoms with Gasteiger partial charge in [-0.1, -0.05) is 6.07 Å². The van der Waals surface area contributed by atoms with E-state index >= 15 is 0 Å². The summed E-state index contributed by atoms with van der Waals surface area (Å²) < 4.78 is 28.4. The summed E-state index contributed by atoms with van der Waals surface area (Å²) in [5, 5.41) is 2.88. The summed E-state index contributed by atoms with van der Waals surface area (Å²) >= 11 is 0. The van der Waals surface area contributed by atoms with Crippen LogP contribution in [0.4, 0.5) is 10.5 Å². The second-order valence-electron chi connectivity index (χ2n) is 8.16. The minimum Gasteiger partial charge on any atom is -0.307 e. The molecule has 2 aliphatic carbocycles. The third kappa shape index (κ3) is 3.70. The number of carbonyl (C=O) groups excluding carboxylic acids is 1. The van der Waals surface area contributed by atoms with Gasteiger partial charge < -0.3 is 10.2 Å². The lowest BCUT2D eigenvalue weighted by Gasteiger charge is -2.37. The van der Waals surface area contributed by atoms with Gasteiger partial charge in [0.1, 0.15) is 0 Å². The number of urea groups is 1. The van der Waals surface area contributed by atoms with Gasteiger partial charge in [0.05, 0.1) is 0 Å². The van der Waals surface area contributed by atoms with Crippen LogP contribution in [-0.4, -0.2) is 57.4 Å². The minimum atomic E-state index is -3.84. The Hall–Kier alpha value is -1.64. The Balaban J connectivity index is 1.45. The molecule has 3 aliphatic rings. The Morgan fingerprint density at radius 2 is 1.74 bits per heavy atom. The molecule has 1 heterocycles. The monoisotopic (exact) mass is 392 g/mol. The van der Waals surface area contributed by atoms with E-state index in [0.717, 1.165) is 57.3 Å². The second kappa shape index (κ2) is 7.07. The van der Waals surface area contributed by atoms with Crippen LogP contribution in [0.2, 0.25) is 0 Å². The maximum atomic E-state index is 12.5. The van der Waals surface area contributed by atoms with Gasteiger partial charge in [0.25, 0.3) is 0 Å². The first kappa shape index (κ1) is 18.7. The van der Waals surface area contributed by atoms with Crippen molar-refractivity contribution in [2.75, 3.05) is 39.0 Å². The SMILES string of the molecule is CN1CC(CN(C)S(=O)(=O)NC(=O)Nc2c3c(cc4c2CCC4)CCC3)C1. The van der Waals surface area contributed by atoms with Crippen molar-refractivity contribution in [2.24, 2.45) is 5.92 Å². The molecule has 0 radical (unpaired) electrons. The first-order valence-corrected chi connectivity index (χ1v) is 11.2. The molecule has 0 atom stereocenters. The van der Waals surface area contributed by atoms with E-state index in [4.69, 9.17) is 0 Å². The quantitative estimate of drug-likeness (QED) is 0.796. The summed E-state index contributed by atoms with van der Waals surface area (Å²) in [5.41, 5.74) is 5.84. The third-order valence-electron chi connectivity index (χ3n) is 6.00. The number of anilines is 1. The molecule has 0 spiro atoms. The number of benzene rings is 1. The number of hydrogen-bond donors (Lipinski definition) is 2. The highest BCUT2D eigenvalue weighted by atomic mass is 32.2. The zero-order valence-electron chi connectivity index (χ0n) is 16.0. The van der Waals surface area contributed by atoms with Gasteiger partial charge in [-0.3, -0.25) is 0 Å². The van der Waals surface area contributed by atoms with Crippen molar-refractivity contribution in [2.45, 2.75) is 38.5 Å². The van der Waals surface area contributed by atoms with E-state index in [9.17, 15) is 13.2 Å². The lowest BCUT2D eigenvalue weighted by Crippen LogP contribution is -2.52. The standard InChI is InChI=1S/C19H28N4O3S/c1-22-10-13(11-22)12-23(2)27(25,26)21-19(24)20-18-16-7-3-5-14(16)9-15-6-4-8-17(15)18/h9,13H,3-8,10-12H2,1-2H3,(H2,20,21,24). The number of aryl methyl sites for hydroxylation is 2. The third-order valence-corrected chi connectivity index (χ3v) is 7.41. The van der Waals surface area contributed by atoms with Crippen LogP contribution in [0.3, 0.4) is 0 Å². The molecule has 1 aliphatic heterocycles. The maximum absolute atomic E-state index is 12.5. The van der Waals surface area contributed by atoms with Crippen LogP contribution in [0, 0.1) is 5.92 Å². The lowest BCUT2D eigenvalue weighted by molar-refractivity contribution is 0.119. The molecule has 27 heavy (non-hydrogen) atoms. The molecule has 2 amide bonds. The van der Waals surface area contributed by atoms with Gasteiger partial charge in [0.2, 0.25) is 0 Å². The van der Waals surface area contributed by atoms with E-state index in [0.29, 0.717) is 12.5 Å². The van der Waals surface area contributed by atoms with E-state index in [1.54, 1.807) is 0 Å². The van der Waals surface area contributed by atoms with Crippen molar-refractivity contribution in [1.29, 1.82) is 0 Å². The molecule has 4 rings (SSSR count). The van der Waals surface area contributed by atoms with Crippen LogP contribution in [0.25, 0.3) is 0 Å². The molecule has 1 saturated heterocycles. The fourth-order valence-corrected chi connectivity index (χ4v) is 5.55. The smallest absolute Gasteiger partial charge is 0.307 e. The number of carbonyl (C=O) groups is 1. The summed E-state index contributed by atoms with van der Waals surface area (Å²) in [6.45, 7) is 2.19. The summed E-state index contributed by atoms with van der Waals surface area (Å²) in [7, 11) is -0.317. The van der Waals surface area contributed by atoms with Gasteiger partial charge in [-0.05, 0) is 73.7 Å². The number of rotatable bonds is 5. The Morgan fingerprint density at radius 1 is 1.15 bits per heavy atom. The van der Waals surface area contributed by atoms with E-state index in [1.165, 1.54) is 33.6 Å². The van der Waals surface area contributed by atoms with Crippen molar-refractivity contribution >= 4 is 21.9 Å². The van der Waals surface area contributed by atoms with Crippen LogP contribution in [0.5, 0.6) is 0 Å². The van der Waals surface area contributed by atoms with Gasteiger partial charge in [-0.2, -0.15) is 12.7 Å². The molecule has 148 valence electrons. The van der Waals surface area contributed by atoms with E-state index in [1.807, 2.05) is 7.05 Å². The number of amides is 2. The van der Waals surface area contributed by atoms with Gasteiger partial charge in [0.15, 0.2) is 0 Å². The number of hydrogen-bond acceptors (Lipinski definition) is 4. The first-order chi connectivity index (χ1) is 12.8. The van der Waals surface area contributed by atoms with Gasteiger partial charge in [0, 0.05) is 32.4 Å². The molecule has 1 aromatic rings. The van der Waals surface area contributed by atoms with Gasteiger partial charge >= 0.3 is 16.2 Å². The highest BCUT2D eigenvalue weighted by molar-refractivity contribution is 7.87. The Bertz CT molecular complexity index is 830. The maximum Gasteiger partial charge on any atom is 0.333 e. The largest absolute Gasteiger partial charge is 0.333 e. The van der Waals surface area contributed by atoms with Crippen molar-refractivity contribution < 1.29 is 13.2 Å². The topological polar surface area (TPSA) is 81.8 Å². The Kier molecular flexibility index (Phi) is 4.90. The normalized spacial score (nSPS) is 19.7. The predicted molar refractivity (Wildman–Crippen MR) is 105 cm³/mol. The van der Waals surface area contributed by atoms with Crippen LogP contribution in [0.1, 0.15) is 35.1 Å². The molecule has 1 fully saturated rings.